The third-order valence-corrected chi connectivity index (χ3v) is 5.73. The minimum atomic E-state index is -1.18. The number of fused-ring (bicyclic) bond motifs is 3. The van der Waals surface area contributed by atoms with Crippen molar-refractivity contribution in [3.63, 3.8) is 0 Å². The van der Waals surface area contributed by atoms with Crippen molar-refractivity contribution >= 4 is 23.6 Å². The van der Waals surface area contributed by atoms with Gasteiger partial charge in [-0.2, -0.15) is 0 Å². The lowest BCUT2D eigenvalue weighted by Gasteiger charge is -2.24. The molecule has 8 heteroatoms. The summed E-state index contributed by atoms with van der Waals surface area (Å²) in [6, 6.07) is 19.9. The maximum atomic E-state index is 13.7. The Bertz CT molecular complexity index is 1250. The highest BCUT2D eigenvalue weighted by Gasteiger charge is 2.34. The summed E-state index contributed by atoms with van der Waals surface area (Å²) in [5, 5.41) is 5.15. The van der Waals surface area contributed by atoms with Crippen LogP contribution >= 0.6 is 0 Å². The molecule has 7 nitrogen and oxygen atoms in total. The number of halogens is 1. The molecule has 0 aromatic heterocycles. The summed E-state index contributed by atoms with van der Waals surface area (Å²) >= 11 is 0. The largest absolute Gasteiger partial charge is 0.436 e. The van der Waals surface area contributed by atoms with Crippen LogP contribution in [0.4, 0.5) is 14.9 Å². The first-order valence-electron chi connectivity index (χ1n) is 10.8. The number of nitrogens with zero attached hydrogens (tertiary/aromatic N) is 1. The number of alkyl carbamates (subject to hydrolysis) is 1. The highest BCUT2D eigenvalue weighted by atomic mass is 19.1. The van der Waals surface area contributed by atoms with Crippen molar-refractivity contribution in [2.24, 2.45) is 0 Å². The Kier molecular flexibility index (Phi) is 6.58. The fraction of sp³-hybridized carbons (Fsp3) is 0.192. The van der Waals surface area contributed by atoms with Crippen LogP contribution in [0.1, 0.15) is 24.1 Å². The molecule has 0 aliphatic carbocycles. The highest BCUT2D eigenvalue weighted by molar-refractivity contribution is 6.06. The van der Waals surface area contributed by atoms with Crippen molar-refractivity contribution in [2.45, 2.75) is 25.6 Å². The van der Waals surface area contributed by atoms with E-state index < -0.39 is 30.0 Å². The van der Waals surface area contributed by atoms with Gasteiger partial charge in [-0.05, 0) is 30.2 Å². The van der Waals surface area contributed by atoms with Gasteiger partial charge in [0.1, 0.15) is 11.9 Å². The van der Waals surface area contributed by atoms with Crippen molar-refractivity contribution in [1.29, 1.82) is 0 Å². The van der Waals surface area contributed by atoms with Gasteiger partial charge in [0.25, 0.3) is 11.8 Å². The predicted molar refractivity (Wildman–Crippen MR) is 125 cm³/mol. The van der Waals surface area contributed by atoms with Crippen LogP contribution < -0.4 is 15.5 Å². The lowest BCUT2D eigenvalue weighted by molar-refractivity contribution is -0.132. The van der Waals surface area contributed by atoms with Crippen molar-refractivity contribution < 1.29 is 23.5 Å². The maximum Gasteiger partial charge on any atom is 0.408 e. The second kappa shape index (κ2) is 9.74. The Morgan fingerprint density at radius 2 is 1.65 bits per heavy atom. The molecule has 174 valence electrons. The molecule has 0 fully saturated rings. The number of hydrogen-bond donors (Lipinski definition) is 2. The summed E-state index contributed by atoms with van der Waals surface area (Å²) in [6.07, 6.45) is -2.06. The van der Waals surface area contributed by atoms with E-state index in [0.29, 0.717) is 11.1 Å². The second-order valence-electron chi connectivity index (χ2n) is 7.94. The van der Waals surface area contributed by atoms with Gasteiger partial charge in [0.05, 0.1) is 5.69 Å². The first kappa shape index (κ1) is 23.0. The number of anilines is 1. The van der Waals surface area contributed by atoms with Gasteiger partial charge in [0, 0.05) is 24.7 Å². The average Bonchev–Trinajstić information content (AvgIpc) is 2.93. The number of likely N-dealkylation sites (N-methyl/N-ethyl adjacent to an activating group) is 1. The summed E-state index contributed by atoms with van der Waals surface area (Å²) in [6.45, 7) is 1.32. The zero-order chi connectivity index (χ0) is 24.2. The first-order valence-corrected chi connectivity index (χ1v) is 10.8. The minimum Gasteiger partial charge on any atom is -0.436 e. The molecule has 0 saturated heterocycles. The smallest absolute Gasteiger partial charge is 0.408 e. The number of para-hydroxylation sites is 1. The SMILES string of the molecule is CC(OC(=O)NCc1ccccc1F)C(=O)N[C@@H]1C(=O)N(C)c2ccccc2-c2ccccc21. The van der Waals surface area contributed by atoms with E-state index >= 15 is 0 Å². The summed E-state index contributed by atoms with van der Waals surface area (Å²) in [4.78, 5) is 39.8. The maximum absolute atomic E-state index is 13.7. The number of carbonyl (C=O) groups is 3. The van der Waals surface area contributed by atoms with Crippen molar-refractivity contribution in [3.8, 4) is 11.1 Å². The van der Waals surface area contributed by atoms with E-state index in [1.54, 1.807) is 31.3 Å². The van der Waals surface area contributed by atoms with Crippen LogP contribution in [0.2, 0.25) is 0 Å². The molecule has 0 saturated carbocycles. The number of hydrogen-bond acceptors (Lipinski definition) is 4. The van der Waals surface area contributed by atoms with Crippen LogP contribution in [0.5, 0.6) is 0 Å². The molecule has 0 radical (unpaired) electrons. The summed E-state index contributed by atoms with van der Waals surface area (Å²) in [7, 11) is 1.66. The molecule has 4 rings (SSSR count). The number of carbonyl (C=O) groups excluding carboxylic acids is 3. The normalized spacial score (nSPS) is 15.4. The Labute approximate surface area is 196 Å². The van der Waals surface area contributed by atoms with Gasteiger partial charge in [0.15, 0.2) is 6.10 Å². The number of rotatable bonds is 5. The number of benzene rings is 3. The molecule has 3 aromatic carbocycles. The topological polar surface area (TPSA) is 87.7 Å². The average molecular weight is 461 g/mol. The van der Waals surface area contributed by atoms with Crippen molar-refractivity contribution in [3.05, 3.63) is 89.7 Å². The van der Waals surface area contributed by atoms with Crippen molar-refractivity contribution in [2.75, 3.05) is 11.9 Å². The predicted octanol–water partition coefficient (Wildman–Crippen LogP) is 3.94. The molecule has 2 atom stereocenters. The van der Waals surface area contributed by atoms with Crippen molar-refractivity contribution in [1.82, 2.24) is 10.6 Å². The molecule has 1 aliphatic rings. The van der Waals surface area contributed by atoms with Crippen LogP contribution in [-0.4, -0.2) is 31.1 Å². The van der Waals surface area contributed by atoms with Crippen LogP contribution in [0.15, 0.2) is 72.8 Å². The molecular formula is C26H24FN3O4. The van der Waals surface area contributed by atoms with Gasteiger partial charge >= 0.3 is 6.09 Å². The Morgan fingerprint density at radius 1 is 1.00 bits per heavy atom. The number of amides is 3. The molecule has 3 aromatic rings. The van der Waals surface area contributed by atoms with Gasteiger partial charge in [-0.25, -0.2) is 9.18 Å². The zero-order valence-corrected chi connectivity index (χ0v) is 18.7. The Balaban J connectivity index is 1.47. The van der Waals surface area contributed by atoms with E-state index in [-0.39, 0.29) is 12.5 Å². The molecule has 0 bridgehead atoms. The van der Waals surface area contributed by atoms with Gasteiger partial charge in [-0.15, -0.1) is 0 Å². The number of ether oxygens (including phenoxy) is 1. The zero-order valence-electron chi connectivity index (χ0n) is 18.7. The molecule has 1 aliphatic heterocycles. The van der Waals surface area contributed by atoms with E-state index in [0.717, 1.165) is 16.8 Å². The van der Waals surface area contributed by atoms with Crippen LogP contribution in [-0.2, 0) is 20.9 Å². The van der Waals surface area contributed by atoms with E-state index in [4.69, 9.17) is 4.74 Å². The lowest BCUT2D eigenvalue weighted by atomic mass is 9.95. The number of nitrogens with one attached hydrogen (secondary N) is 2. The summed E-state index contributed by atoms with van der Waals surface area (Å²) in [5.74, 6) is -1.40. The van der Waals surface area contributed by atoms with E-state index in [1.165, 1.54) is 24.0 Å². The molecule has 2 N–H and O–H groups in total. The quantitative estimate of drug-likeness (QED) is 0.603. The summed E-state index contributed by atoms with van der Waals surface area (Å²) in [5.41, 5.74) is 3.38. The van der Waals surface area contributed by atoms with Crippen LogP contribution in [0.3, 0.4) is 0 Å². The van der Waals surface area contributed by atoms with E-state index in [1.807, 2.05) is 36.4 Å². The Morgan fingerprint density at radius 3 is 2.41 bits per heavy atom. The highest BCUT2D eigenvalue weighted by Crippen LogP contribution is 2.39. The second-order valence-corrected chi connectivity index (χ2v) is 7.94. The fourth-order valence-corrected chi connectivity index (χ4v) is 3.90. The molecule has 34 heavy (non-hydrogen) atoms. The van der Waals surface area contributed by atoms with Gasteiger partial charge in [-0.3, -0.25) is 9.59 Å². The molecular weight excluding hydrogens is 437 g/mol. The third kappa shape index (κ3) is 4.61. The molecule has 0 spiro atoms. The van der Waals surface area contributed by atoms with Crippen LogP contribution in [0, 0.1) is 5.82 Å². The van der Waals surface area contributed by atoms with E-state index in [2.05, 4.69) is 10.6 Å². The lowest BCUT2D eigenvalue weighted by Crippen LogP contribution is -2.45. The van der Waals surface area contributed by atoms with Gasteiger partial charge in [0.2, 0.25) is 0 Å². The van der Waals surface area contributed by atoms with Gasteiger partial charge in [-0.1, -0.05) is 60.7 Å². The molecule has 1 unspecified atom stereocenters. The van der Waals surface area contributed by atoms with Crippen LogP contribution in [0.25, 0.3) is 11.1 Å². The molecule has 3 amide bonds. The minimum absolute atomic E-state index is 0.0859. The monoisotopic (exact) mass is 461 g/mol. The van der Waals surface area contributed by atoms with E-state index in [9.17, 15) is 18.8 Å². The first-order chi connectivity index (χ1) is 16.4. The molecule has 1 heterocycles. The Hall–Kier alpha value is -4.20. The standard InChI is InChI=1S/C26H24FN3O4/c1-16(34-26(33)28-15-17-9-3-7-13-21(17)27)24(31)29-23-20-12-5-4-10-18(20)19-11-6-8-14-22(19)30(2)25(23)32/h3-14,16,23H,15H2,1-2H3,(H,28,33)(H,29,31)/t16?,23-/m0/s1. The fourth-order valence-electron chi connectivity index (χ4n) is 3.90. The summed E-state index contributed by atoms with van der Waals surface area (Å²) < 4.78 is 18.9. The van der Waals surface area contributed by atoms with Gasteiger partial charge < -0.3 is 20.3 Å². The third-order valence-electron chi connectivity index (χ3n) is 5.73.